The molecule has 0 spiro atoms. The SMILES string of the molecule is O=C(Nc1ccc2c(ccn2CCN2CCOCC2)c1)c1ccc(Cn2cccn2)o1. The highest BCUT2D eigenvalue weighted by Crippen LogP contribution is 2.22. The number of nitrogens with zero attached hydrogens (tertiary/aromatic N) is 4. The van der Waals surface area contributed by atoms with Gasteiger partial charge in [-0.1, -0.05) is 0 Å². The van der Waals surface area contributed by atoms with E-state index in [0.717, 1.165) is 56.0 Å². The van der Waals surface area contributed by atoms with Crippen molar-refractivity contribution in [2.75, 3.05) is 38.2 Å². The number of hydrogen-bond acceptors (Lipinski definition) is 5. The maximum Gasteiger partial charge on any atom is 0.291 e. The summed E-state index contributed by atoms with van der Waals surface area (Å²) in [6.07, 6.45) is 5.66. The van der Waals surface area contributed by atoms with Crippen LogP contribution in [0.3, 0.4) is 0 Å². The van der Waals surface area contributed by atoms with E-state index in [2.05, 4.69) is 38.2 Å². The first kappa shape index (κ1) is 19.6. The molecule has 4 aromatic rings. The summed E-state index contributed by atoms with van der Waals surface area (Å²) in [5.74, 6) is 0.699. The number of fused-ring (bicyclic) bond motifs is 1. The highest BCUT2D eigenvalue weighted by atomic mass is 16.5. The molecule has 1 aliphatic rings. The molecule has 0 aliphatic carbocycles. The van der Waals surface area contributed by atoms with Crippen molar-refractivity contribution < 1.29 is 13.9 Å². The molecule has 1 aliphatic heterocycles. The van der Waals surface area contributed by atoms with Crippen LogP contribution in [0.1, 0.15) is 16.3 Å². The van der Waals surface area contributed by atoms with Crippen molar-refractivity contribution >= 4 is 22.5 Å². The van der Waals surface area contributed by atoms with E-state index in [0.29, 0.717) is 12.3 Å². The number of morpholine rings is 1. The molecule has 0 radical (unpaired) electrons. The van der Waals surface area contributed by atoms with Crippen LogP contribution in [0.2, 0.25) is 0 Å². The van der Waals surface area contributed by atoms with Crippen LogP contribution in [0.15, 0.2) is 65.5 Å². The van der Waals surface area contributed by atoms with Crippen molar-refractivity contribution in [3.63, 3.8) is 0 Å². The average molecular weight is 419 g/mol. The van der Waals surface area contributed by atoms with E-state index < -0.39 is 0 Å². The third-order valence-electron chi connectivity index (χ3n) is 5.55. The molecule has 0 unspecified atom stereocenters. The van der Waals surface area contributed by atoms with E-state index in [-0.39, 0.29) is 11.7 Å². The topological polar surface area (TPSA) is 77.5 Å². The number of nitrogens with one attached hydrogen (secondary N) is 1. The summed E-state index contributed by atoms with van der Waals surface area (Å²) in [7, 11) is 0. The molecule has 4 heterocycles. The Bertz CT molecular complexity index is 1160. The van der Waals surface area contributed by atoms with Crippen molar-refractivity contribution in [3.05, 3.63) is 72.6 Å². The zero-order valence-corrected chi connectivity index (χ0v) is 17.2. The van der Waals surface area contributed by atoms with Gasteiger partial charge < -0.3 is 19.0 Å². The summed E-state index contributed by atoms with van der Waals surface area (Å²) < 4.78 is 15.1. The fourth-order valence-electron chi connectivity index (χ4n) is 3.88. The lowest BCUT2D eigenvalue weighted by Gasteiger charge is -2.26. The maximum absolute atomic E-state index is 12.6. The van der Waals surface area contributed by atoms with E-state index in [1.807, 2.05) is 24.4 Å². The lowest BCUT2D eigenvalue weighted by molar-refractivity contribution is 0.0365. The second kappa shape index (κ2) is 8.79. The molecule has 0 saturated carbocycles. The molecule has 31 heavy (non-hydrogen) atoms. The average Bonchev–Trinajstić information content (AvgIpc) is 3.55. The number of amides is 1. The van der Waals surface area contributed by atoms with E-state index >= 15 is 0 Å². The first-order chi connectivity index (χ1) is 15.2. The Labute approximate surface area is 180 Å². The molecule has 1 fully saturated rings. The largest absolute Gasteiger partial charge is 0.454 e. The number of hydrogen-bond donors (Lipinski definition) is 1. The van der Waals surface area contributed by atoms with Gasteiger partial charge in [0, 0.05) is 61.4 Å². The normalized spacial score (nSPS) is 14.8. The summed E-state index contributed by atoms with van der Waals surface area (Å²) in [4.78, 5) is 15.0. The van der Waals surface area contributed by atoms with Gasteiger partial charge in [0.1, 0.15) is 5.76 Å². The Morgan fingerprint density at radius 3 is 2.81 bits per heavy atom. The number of aromatic nitrogens is 3. The lowest BCUT2D eigenvalue weighted by atomic mass is 10.2. The molecule has 0 bridgehead atoms. The summed E-state index contributed by atoms with van der Waals surface area (Å²) in [5.41, 5.74) is 1.90. The summed E-state index contributed by atoms with van der Waals surface area (Å²) >= 11 is 0. The molecule has 1 amide bonds. The minimum absolute atomic E-state index is 0.266. The van der Waals surface area contributed by atoms with Crippen LogP contribution in [-0.4, -0.2) is 58.0 Å². The zero-order valence-electron chi connectivity index (χ0n) is 17.2. The van der Waals surface area contributed by atoms with Gasteiger partial charge in [-0.3, -0.25) is 14.4 Å². The second-order valence-corrected chi connectivity index (χ2v) is 7.66. The van der Waals surface area contributed by atoms with E-state index in [1.54, 1.807) is 23.0 Å². The molecule has 1 N–H and O–H groups in total. The molecule has 1 aromatic carbocycles. The Balaban J connectivity index is 1.22. The van der Waals surface area contributed by atoms with Crippen molar-refractivity contribution in [2.45, 2.75) is 13.1 Å². The van der Waals surface area contributed by atoms with Crippen LogP contribution < -0.4 is 5.32 Å². The molecule has 160 valence electrons. The fourth-order valence-corrected chi connectivity index (χ4v) is 3.88. The van der Waals surface area contributed by atoms with Crippen LogP contribution in [0, 0.1) is 0 Å². The van der Waals surface area contributed by atoms with Crippen molar-refractivity contribution in [3.8, 4) is 0 Å². The number of rotatable bonds is 7. The standard InChI is InChI=1S/C23H25N5O3/c29-23(22-5-3-20(31-22)17-28-8-1-7-24-28)25-19-2-4-21-18(16-19)6-9-27(21)11-10-26-12-14-30-15-13-26/h1-9,16H,10-15,17H2,(H,25,29). The van der Waals surface area contributed by atoms with Gasteiger partial charge >= 0.3 is 0 Å². The van der Waals surface area contributed by atoms with Gasteiger partial charge in [-0.2, -0.15) is 5.10 Å². The smallest absolute Gasteiger partial charge is 0.291 e. The molecular formula is C23H25N5O3. The Morgan fingerprint density at radius 1 is 1.06 bits per heavy atom. The van der Waals surface area contributed by atoms with Crippen LogP contribution in [-0.2, 0) is 17.8 Å². The summed E-state index contributed by atoms with van der Waals surface area (Å²) in [6.45, 7) is 6.04. The highest BCUT2D eigenvalue weighted by molar-refractivity contribution is 6.03. The predicted molar refractivity (Wildman–Crippen MR) is 117 cm³/mol. The lowest BCUT2D eigenvalue weighted by Crippen LogP contribution is -2.38. The molecule has 3 aromatic heterocycles. The maximum atomic E-state index is 12.6. The van der Waals surface area contributed by atoms with E-state index in [1.165, 1.54) is 0 Å². The van der Waals surface area contributed by atoms with Gasteiger partial charge in [0.25, 0.3) is 5.91 Å². The second-order valence-electron chi connectivity index (χ2n) is 7.66. The predicted octanol–water partition coefficient (Wildman–Crippen LogP) is 3.06. The fraction of sp³-hybridized carbons (Fsp3) is 0.304. The van der Waals surface area contributed by atoms with Gasteiger partial charge in [0.2, 0.25) is 0 Å². The number of anilines is 1. The molecule has 5 rings (SSSR count). The number of ether oxygens (including phenoxy) is 1. The Kier molecular flexibility index (Phi) is 5.56. The monoisotopic (exact) mass is 419 g/mol. The van der Waals surface area contributed by atoms with Crippen molar-refractivity contribution in [1.82, 2.24) is 19.2 Å². The van der Waals surface area contributed by atoms with E-state index in [9.17, 15) is 4.79 Å². The molecule has 0 atom stereocenters. The zero-order chi connectivity index (χ0) is 21.0. The van der Waals surface area contributed by atoms with Crippen molar-refractivity contribution in [2.24, 2.45) is 0 Å². The third-order valence-corrected chi connectivity index (χ3v) is 5.55. The molecule has 8 heteroatoms. The van der Waals surface area contributed by atoms with Crippen LogP contribution in [0.25, 0.3) is 10.9 Å². The van der Waals surface area contributed by atoms with Crippen LogP contribution in [0.5, 0.6) is 0 Å². The molecular weight excluding hydrogens is 394 g/mol. The minimum atomic E-state index is -0.266. The van der Waals surface area contributed by atoms with Gasteiger partial charge in [0.15, 0.2) is 5.76 Å². The van der Waals surface area contributed by atoms with Crippen LogP contribution in [0.4, 0.5) is 5.69 Å². The summed E-state index contributed by atoms with van der Waals surface area (Å²) in [5, 5.41) is 8.17. The number of benzene rings is 1. The minimum Gasteiger partial charge on any atom is -0.454 e. The van der Waals surface area contributed by atoms with Crippen LogP contribution >= 0.6 is 0 Å². The first-order valence-corrected chi connectivity index (χ1v) is 10.5. The number of carbonyl (C=O) groups is 1. The third kappa shape index (κ3) is 4.55. The van der Waals surface area contributed by atoms with Gasteiger partial charge in [-0.15, -0.1) is 0 Å². The first-order valence-electron chi connectivity index (χ1n) is 10.5. The van der Waals surface area contributed by atoms with Gasteiger partial charge in [-0.25, -0.2) is 0 Å². The number of carbonyl (C=O) groups excluding carboxylic acids is 1. The summed E-state index contributed by atoms with van der Waals surface area (Å²) in [6, 6.07) is 13.4. The van der Waals surface area contributed by atoms with E-state index in [4.69, 9.17) is 9.15 Å². The Morgan fingerprint density at radius 2 is 1.97 bits per heavy atom. The number of furan rings is 1. The van der Waals surface area contributed by atoms with Gasteiger partial charge in [-0.05, 0) is 42.5 Å². The molecule has 1 saturated heterocycles. The highest BCUT2D eigenvalue weighted by Gasteiger charge is 2.14. The van der Waals surface area contributed by atoms with Crippen molar-refractivity contribution in [1.29, 1.82) is 0 Å². The van der Waals surface area contributed by atoms with Gasteiger partial charge in [0.05, 0.1) is 19.8 Å². The quantitative estimate of drug-likeness (QED) is 0.498. The molecule has 8 nitrogen and oxygen atoms in total. The Hall–Kier alpha value is -3.36.